The predicted octanol–water partition coefficient (Wildman–Crippen LogP) is 2.35. The zero-order valence-corrected chi connectivity index (χ0v) is 15.1. The zero-order chi connectivity index (χ0) is 18.6. The Morgan fingerprint density at radius 3 is 2.24 bits per heavy atom. The average Bonchev–Trinajstić information content (AvgIpc) is 3.21. The van der Waals surface area contributed by atoms with Gasteiger partial charge < -0.3 is 0 Å². The van der Waals surface area contributed by atoms with Gasteiger partial charge in [-0.15, -0.1) is 0 Å². The fourth-order valence-corrected chi connectivity index (χ4v) is 6.92. The van der Waals surface area contributed by atoms with E-state index in [9.17, 15) is 30.0 Å². The van der Waals surface area contributed by atoms with Crippen LogP contribution in [0, 0.1) is 6.92 Å². The topological polar surface area (TPSA) is 71.5 Å². The summed E-state index contributed by atoms with van der Waals surface area (Å²) in [5.74, 6) is -0.376. The van der Waals surface area contributed by atoms with Gasteiger partial charge in [-0.1, -0.05) is 6.07 Å². The van der Waals surface area contributed by atoms with E-state index in [2.05, 4.69) is 0 Å². The van der Waals surface area contributed by atoms with E-state index < -0.39 is 42.5 Å². The summed E-state index contributed by atoms with van der Waals surface area (Å²) in [7, 11) is -7.52. The van der Waals surface area contributed by atoms with Gasteiger partial charge in [0.15, 0.2) is 9.84 Å². The Labute approximate surface area is 144 Å². The van der Waals surface area contributed by atoms with E-state index in [1.54, 1.807) is 0 Å². The zero-order valence-electron chi connectivity index (χ0n) is 13.5. The van der Waals surface area contributed by atoms with Crippen molar-refractivity contribution in [2.75, 3.05) is 11.5 Å². The van der Waals surface area contributed by atoms with Crippen LogP contribution < -0.4 is 0 Å². The minimum atomic E-state index is -4.66. The highest BCUT2D eigenvalue weighted by atomic mass is 32.2. The maximum Gasteiger partial charge on any atom is 0.416 e. The number of nitrogens with zero attached hydrogens (tertiary/aromatic N) is 1. The van der Waals surface area contributed by atoms with E-state index in [1.807, 2.05) is 0 Å². The molecule has 2 fully saturated rings. The monoisotopic (exact) mass is 397 g/mol. The van der Waals surface area contributed by atoms with Crippen LogP contribution in [0.25, 0.3) is 0 Å². The fourth-order valence-electron chi connectivity index (χ4n) is 3.18. The molecule has 140 valence electrons. The molecule has 1 saturated heterocycles. The predicted molar refractivity (Wildman–Crippen MR) is 85.3 cm³/mol. The van der Waals surface area contributed by atoms with Crippen LogP contribution in [-0.4, -0.2) is 44.7 Å². The van der Waals surface area contributed by atoms with Gasteiger partial charge in [0.2, 0.25) is 10.0 Å². The van der Waals surface area contributed by atoms with Crippen molar-refractivity contribution in [2.24, 2.45) is 0 Å². The molecule has 1 aromatic rings. The highest BCUT2D eigenvalue weighted by Crippen LogP contribution is 2.39. The van der Waals surface area contributed by atoms with E-state index >= 15 is 0 Å². The second-order valence-corrected chi connectivity index (χ2v) is 10.7. The second kappa shape index (κ2) is 5.95. The van der Waals surface area contributed by atoms with Crippen LogP contribution in [0.3, 0.4) is 0 Å². The third-order valence-electron chi connectivity index (χ3n) is 4.56. The minimum Gasteiger partial charge on any atom is -0.229 e. The Balaban J connectivity index is 2.02. The molecular weight excluding hydrogens is 379 g/mol. The highest BCUT2D eigenvalue weighted by Gasteiger charge is 2.46. The molecule has 1 atom stereocenters. The molecule has 1 unspecified atom stereocenters. The minimum absolute atomic E-state index is 0.0622. The molecule has 0 radical (unpaired) electrons. The van der Waals surface area contributed by atoms with Gasteiger partial charge in [-0.05, 0) is 43.9 Å². The van der Waals surface area contributed by atoms with Gasteiger partial charge in [0.25, 0.3) is 0 Å². The van der Waals surface area contributed by atoms with Crippen molar-refractivity contribution in [1.82, 2.24) is 4.31 Å². The number of hydrogen-bond donors (Lipinski definition) is 0. The number of hydrogen-bond acceptors (Lipinski definition) is 4. The molecule has 10 heteroatoms. The lowest BCUT2D eigenvalue weighted by atomic mass is 10.1. The lowest BCUT2D eigenvalue weighted by molar-refractivity contribution is -0.138. The first-order chi connectivity index (χ1) is 11.4. The van der Waals surface area contributed by atoms with Crippen molar-refractivity contribution in [2.45, 2.75) is 49.3 Å². The van der Waals surface area contributed by atoms with E-state index in [-0.39, 0.29) is 29.5 Å². The van der Waals surface area contributed by atoms with Crippen LogP contribution in [0.4, 0.5) is 13.2 Å². The number of sulfone groups is 1. The van der Waals surface area contributed by atoms with Crippen molar-refractivity contribution in [3.63, 3.8) is 0 Å². The molecule has 5 nitrogen and oxygen atoms in total. The van der Waals surface area contributed by atoms with Crippen LogP contribution in [0.2, 0.25) is 0 Å². The standard InChI is InChI=1S/C15H18F3NO4S2/c1-10-2-5-13(8-14(10)15(16,17)18)25(22,23)19(11-3-4-11)12-6-7-24(20,21)9-12/h2,5,8,11-12H,3-4,6-7,9H2,1H3. The van der Waals surface area contributed by atoms with Gasteiger partial charge in [-0.2, -0.15) is 17.5 Å². The number of rotatable bonds is 4. The first-order valence-electron chi connectivity index (χ1n) is 7.84. The van der Waals surface area contributed by atoms with Crippen molar-refractivity contribution in [3.8, 4) is 0 Å². The molecule has 0 aromatic heterocycles. The molecule has 1 saturated carbocycles. The maximum atomic E-state index is 13.1. The molecule has 0 bridgehead atoms. The number of halogens is 3. The molecule has 25 heavy (non-hydrogen) atoms. The van der Waals surface area contributed by atoms with Gasteiger partial charge >= 0.3 is 6.18 Å². The second-order valence-electron chi connectivity index (χ2n) is 6.60. The van der Waals surface area contributed by atoms with E-state index in [0.717, 1.165) is 16.4 Å². The molecule has 0 spiro atoms. The van der Waals surface area contributed by atoms with E-state index in [1.165, 1.54) is 6.92 Å². The quantitative estimate of drug-likeness (QED) is 0.782. The van der Waals surface area contributed by atoms with Gasteiger partial charge in [0, 0.05) is 12.1 Å². The molecule has 0 amide bonds. The van der Waals surface area contributed by atoms with Crippen molar-refractivity contribution < 1.29 is 30.0 Å². The summed E-state index contributed by atoms with van der Waals surface area (Å²) in [6.45, 7) is 1.27. The third-order valence-corrected chi connectivity index (χ3v) is 8.32. The molecule has 3 rings (SSSR count). The third kappa shape index (κ3) is 3.70. The first kappa shape index (κ1) is 18.7. The molecule has 1 aliphatic carbocycles. The SMILES string of the molecule is Cc1ccc(S(=O)(=O)N(C2CC2)C2CCS(=O)(=O)C2)cc1C(F)(F)F. The van der Waals surface area contributed by atoms with E-state index in [4.69, 9.17) is 0 Å². The number of alkyl halides is 3. The fraction of sp³-hybridized carbons (Fsp3) is 0.600. The Bertz CT molecular complexity index is 890. The molecule has 0 N–H and O–H groups in total. The van der Waals surface area contributed by atoms with Crippen LogP contribution >= 0.6 is 0 Å². The number of sulfonamides is 1. The first-order valence-corrected chi connectivity index (χ1v) is 11.1. The van der Waals surface area contributed by atoms with Gasteiger partial charge in [-0.3, -0.25) is 0 Å². The highest BCUT2D eigenvalue weighted by molar-refractivity contribution is 7.92. The summed E-state index contributed by atoms with van der Waals surface area (Å²) in [6.07, 6.45) is -3.30. The molecule has 2 aliphatic rings. The summed E-state index contributed by atoms with van der Waals surface area (Å²) < 4.78 is 89.8. The van der Waals surface area contributed by atoms with Crippen LogP contribution in [-0.2, 0) is 26.0 Å². The van der Waals surface area contributed by atoms with Crippen molar-refractivity contribution >= 4 is 19.9 Å². The summed E-state index contributed by atoms with van der Waals surface area (Å²) in [5.41, 5.74) is -1.06. The molecule has 1 heterocycles. The number of aryl methyl sites for hydroxylation is 1. The van der Waals surface area contributed by atoms with Crippen LogP contribution in [0.15, 0.2) is 23.1 Å². The van der Waals surface area contributed by atoms with Crippen LogP contribution in [0.1, 0.15) is 30.4 Å². The molecule has 1 aromatic carbocycles. The molecular formula is C15H18F3NO4S2. The lowest BCUT2D eigenvalue weighted by Gasteiger charge is -2.27. The average molecular weight is 397 g/mol. The number of benzene rings is 1. The van der Waals surface area contributed by atoms with Gasteiger partial charge in [0.05, 0.1) is 22.0 Å². The van der Waals surface area contributed by atoms with Crippen molar-refractivity contribution in [1.29, 1.82) is 0 Å². The van der Waals surface area contributed by atoms with Crippen molar-refractivity contribution in [3.05, 3.63) is 29.3 Å². The largest absolute Gasteiger partial charge is 0.416 e. The Kier molecular flexibility index (Phi) is 4.44. The van der Waals surface area contributed by atoms with Crippen LogP contribution in [0.5, 0.6) is 0 Å². The summed E-state index contributed by atoms with van der Waals surface area (Å²) in [6, 6.07) is 1.88. The lowest BCUT2D eigenvalue weighted by Crippen LogP contribution is -2.42. The van der Waals surface area contributed by atoms with Gasteiger partial charge in [-0.25, -0.2) is 16.8 Å². The normalized spacial score (nSPS) is 24.0. The smallest absolute Gasteiger partial charge is 0.229 e. The Hall–Kier alpha value is -1.13. The summed E-state index contributed by atoms with van der Waals surface area (Å²) >= 11 is 0. The maximum absolute atomic E-state index is 13.1. The summed E-state index contributed by atoms with van der Waals surface area (Å²) in [5, 5.41) is 0. The Morgan fingerprint density at radius 2 is 1.76 bits per heavy atom. The summed E-state index contributed by atoms with van der Waals surface area (Å²) in [4.78, 5) is -0.443. The van der Waals surface area contributed by atoms with E-state index in [0.29, 0.717) is 18.9 Å². The molecule has 1 aliphatic heterocycles. The Morgan fingerprint density at radius 1 is 1.12 bits per heavy atom. The van der Waals surface area contributed by atoms with Gasteiger partial charge in [0.1, 0.15) is 0 Å².